The number of methoxy groups -OCH3 is 2. The van der Waals surface area contributed by atoms with Crippen LogP contribution in [0.5, 0.6) is 11.5 Å². The van der Waals surface area contributed by atoms with Crippen molar-refractivity contribution in [1.29, 1.82) is 0 Å². The maximum atomic E-state index is 10.2. The highest BCUT2D eigenvalue weighted by atomic mass is 16.5. The Labute approximate surface area is 131 Å². The third kappa shape index (κ3) is 1.77. The quantitative estimate of drug-likeness (QED) is 0.853. The minimum Gasteiger partial charge on any atom is -0.508 e. The molecular formula is C18H23NO3. The van der Waals surface area contributed by atoms with E-state index in [0.717, 1.165) is 44.5 Å². The number of hydrogen-bond acceptors (Lipinski definition) is 4. The van der Waals surface area contributed by atoms with Crippen molar-refractivity contribution in [3.8, 4) is 11.5 Å². The molecule has 0 saturated carbocycles. The zero-order chi connectivity index (χ0) is 15.3. The second kappa shape index (κ2) is 5.00. The molecule has 4 heteroatoms. The average molecular weight is 301 g/mol. The fourth-order valence-corrected chi connectivity index (χ4v) is 4.70. The minimum atomic E-state index is -0.0987. The molecule has 4 rings (SSSR count). The average Bonchev–Trinajstić information content (AvgIpc) is 2.93. The molecule has 0 amide bonds. The van der Waals surface area contributed by atoms with Gasteiger partial charge in [0.2, 0.25) is 0 Å². The van der Waals surface area contributed by atoms with Crippen LogP contribution in [-0.4, -0.2) is 43.4 Å². The number of ether oxygens (including phenoxy) is 2. The van der Waals surface area contributed by atoms with Crippen molar-refractivity contribution in [3.05, 3.63) is 34.9 Å². The van der Waals surface area contributed by atoms with Crippen LogP contribution in [0.1, 0.15) is 30.4 Å². The van der Waals surface area contributed by atoms with Crippen LogP contribution >= 0.6 is 0 Å². The van der Waals surface area contributed by atoms with E-state index in [4.69, 9.17) is 9.47 Å². The monoisotopic (exact) mass is 301 g/mol. The Bertz CT molecular complexity index is 639. The van der Waals surface area contributed by atoms with Crippen molar-refractivity contribution in [2.75, 3.05) is 27.3 Å². The van der Waals surface area contributed by atoms with Crippen molar-refractivity contribution >= 4 is 0 Å². The fraction of sp³-hybridized carbons (Fsp3) is 0.556. The molecule has 0 radical (unpaired) electrons. The van der Waals surface area contributed by atoms with E-state index >= 15 is 0 Å². The van der Waals surface area contributed by atoms with Crippen LogP contribution in [0.4, 0.5) is 0 Å². The van der Waals surface area contributed by atoms with E-state index < -0.39 is 0 Å². The molecule has 1 N–H and O–H groups in total. The van der Waals surface area contributed by atoms with Gasteiger partial charge in [-0.2, -0.15) is 0 Å². The Morgan fingerprint density at radius 2 is 2.05 bits per heavy atom. The van der Waals surface area contributed by atoms with E-state index in [1.807, 2.05) is 6.07 Å². The SMILES string of the molecule is COc1cc(O)cc2c1CCN1CCC3=CC[C@H](OC)CC321. The van der Waals surface area contributed by atoms with Crippen LogP contribution in [0.25, 0.3) is 0 Å². The van der Waals surface area contributed by atoms with E-state index in [1.54, 1.807) is 20.3 Å². The summed E-state index contributed by atoms with van der Waals surface area (Å²) in [6.45, 7) is 2.14. The minimum absolute atomic E-state index is 0.0987. The Morgan fingerprint density at radius 3 is 2.82 bits per heavy atom. The summed E-state index contributed by atoms with van der Waals surface area (Å²) in [4.78, 5) is 2.57. The maximum Gasteiger partial charge on any atom is 0.126 e. The smallest absolute Gasteiger partial charge is 0.126 e. The fourth-order valence-electron chi connectivity index (χ4n) is 4.70. The molecule has 1 aromatic carbocycles. The van der Waals surface area contributed by atoms with E-state index in [9.17, 15) is 5.11 Å². The van der Waals surface area contributed by atoms with Gasteiger partial charge in [-0.3, -0.25) is 4.90 Å². The molecule has 2 aliphatic heterocycles. The summed E-state index contributed by atoms with van der Waals surface area (Å²) in [6.07, 6.45) is 6.66. The van der Waals surface area contributed by atoms with Crippen molar-refractivity contribution in [2.24, 2.45) is 0 Å². The van der Waals surface area contributed by atoms with Crippen molar-refractivity contribution in [2.45, 2.75) is 37.3 Å². The van der Waals surface area contributed by atoms with Gasteiger partial charge in [-0.05, 0) is 36.5 Å². The summed E-state index contributed by atoms with van der Waals surface area (Å²) in [5.41, 5.74) is 3.87. The van der Waals surface area contributed by atoms with Gasteiger partial charge in [0, 0.05) is 38.2 Å². The van der Waals surface area contributed by atoms with Gasteiger partial charge >= 0.3 is 0 Å². The molecule has 22 heavy (non-hydrogen) atoms. The number of hydrogen-bond donors (Lipinski definition) is 1. The van der Waals surface area contributed by atoms with Crippen molar-refractivity contribution in [1.82, 2.24) is 4.90 Å². The zero-order valence-corrected chi connectivity index (χ0v) is 13.3. The summed E-state index contributed by atoms with van der Waals surface area (Å²) in [5.74, 6) is 1.10. The first-order chi connectivity index (χ1) is 10.7. The normalized spacial score (nSPS) is 30.3. The second-order valence-corrected chi connectivity index (χ2v) is 6.55. The Kier molecular flexibility index (Phi) is 3.20. The largest absolute Gasteiger partial charge is 0.508 e. The highest BCUT2D eigenvalue weighted by molar-refractivity contribution is 5.55. The van der Waals surface area contributed by atoms with Gasteiger partial charge in [0.05, 0.1) is 18.8 Å². The molecule has 0 aromatic heterocycles. The molecule has 1 unspecified atom stereocenters. The van der Waals surface area contributed by atoms with E-state index in [2.05, 4.69) is 11.0 Å². The Morgan fingerprint density at radius 1 is 1.23 bits per heavy atom. The molecule has 2 atom stereocenters. The zero-order valence-electron chi connectivity index (χ0n) is 13.3. The first kappa shape index (κ1) is 14.1. The van der Waals surface area contributed by atoms with Crippen LogP contribution in [0.2, 0.25) is 0 Å². The lowest BCUT2D eigenvalue weighted by Crippen LogP contribution is -2.50. The van der Waals surface area contributed by atoms with Crippen LogP contribution < -0.4 is 4.74 Å². The number of phenols is 1. The van der Waals surface area contributed by atoms with Gasteiger partial charge in [-0.15, -0.1) is 0 Å². The first-order valence-electron chi connectivity index (χ1n) is 8.06. The van der Waals surface area contributed by atoms with Gasteiger partial charge in [0.15, 0.2) is 0 Å². The second-order valence-electron chi connectivity index (χ2n) is 6.55. The van der Waals surface area contributed by atoms with Gasteiger partial charge in [0.25, 0.3) is 0 Å². The molecule has 3 aliphatic rings. The lowest BCUT2D eigenvalue weighted by atomic mass is 9.70. The maximum absolute atomic E-state index is 10.2. The molecule has 0 bridgehead atoms. The third-order valence-electron chi connectivity index (χ3n) is 5.70. The highest BCUT2D eigenvalue weighted by Gasteiger charge is 2.52. The summed E-state index contributed by atoms with van der Waals surface area (Å²) in [7, 11) is 3.48. The van der Waals surface area contributed by atoms with E-state index in [-0.39, 0.29) is 17.4 Å². The summed E-state index contributed by atoms with van der Waals surface area (Å²) in [6, 6.07) is 3.68. The Balaban J connectivity index is 1.94. The van der Waals surface area contributed by atoms with Gasteiger partial charge in [0.1, 0.15) is 11.5 Å². The molecule has 4 nitrogen and oxygen atoms in total. The molecule has 1 spiro atoms. The molecule has 1 fully saturated rings. The number of phenolic OH excluding ortho intramolecular Hbond substituents is 1. The van der Waals surface area contributed by atoms with Crippen LogP contribution in [0, 0.1) is 0 Å². The van der Waals surface area contributed by atoms with Gasteiger partial charge < -0.3 is 14.6 Å². The third-order valence-corrected chi connectivity index (χ3v) is 5.70. The number of fused-ring (bicyclic) bond motifs is 1. The number of benzene rings is 1. The topological polar surface area (TPSA) is 41.9 Å². The molecular weight excluding hydrogens is 278 g/mol. The van der Waals surface area contributed by atoms with Crippen molar-refractivity contribution in [3.63, 3.8) is 0 Å². The molecule has 1 aromatic rings. The standard InChI is InChI=1S/C18H23NO3/c1-21-14-4-3-12-5-7-19-8-6-15-16(18(12,19)11-14)9-13(20)10-17(15)22-2/h3,9-10,14,20H,4-8,11H2,1-2H3/t14-,18?/m0/s1. The van der Waals surface area contributed by atoms with Crippen LogP contribution in [-0.2, 0) is 16.7 Å². The summed E-state index contributed by atoms with van der Waals surface area (Å²) in [5, 5.41) is 10.2. The van der Waals surface area contributed by atoms with Crippen molar-refractivity contribution < 1.29 is 14.6 Å². The predicted octanol–water partition coefficient (Wildman–Crippen LogP) is 2.59. The molecule has 118 valence electrons. The molecule has 1 saturated heterocycles. The lowest BCUT2D eigenvalue weighted by molar-refractivity contribution is 0.0287. The van der Waals surface area contributed by atoms with Crippen LogP contribution in [0.3, 0.4) is 0 Å². The van der Waals surface area contributed by atoms with E-state index in [1.165, 1.54) is 16.7 Å². The highest BCUT2D eigenvalue weighted by Crippen LogP contribution is 2.54. The molecule has 1 aliphatic carbocycles. The molecule has 2 heterocycles. The summed E-state index contributed by atoms with van der Waals surface area (Å²) >= 11 is 0. The Hall–Kier alpha value is -1.52. The van der Waals surface area contributed by atoms with Gasteiger partial charge in [-0.25, -0.2) is 0 Å². The number of aromatic hydroxyl groups is 1. The van der Waals surface area contributed by atoms with Crippen LogP contribution in [0.15, 0.2) is 23.8 Å². The van der Waals surface area contributed by atoms with E-state index in [0.29, 0.717) is 0 Å². The number of rotatable bonds is 2. The predicted molar refractivity (Wildman–Crippen MR) is 84.3 cm³/mol. The van der Waals surface area contributed by atoms with Gasteiger partial charge in [-0.1, -0.05) is 6.08 Å². The summed E-state index contributed by atoms with van der Waals surface area (Å²) < 4.78 is 11.2. The lowest BCUT2D eigenvalue weighted by Gasteiger charge is -2.48. The number of nitrogens with zero attached hydrogens (tertiary/aromatic N) is 1. The first-order valence-corrected chi connectivity index (χ1v) is 8.06.